The van der Waals surface area contributed by atoms with Gasteiger partial charge < -0.3 is 19.2 Å². The summed E-state index contributed by atoms with van der Waals surface area (Å²) < 4.78 is 8.55. The Morgan fingerprint density at radius 1 is 1.14 bits per heavy atom. The molecule has 0 saturated carbocycles. The molecule has 0 bridgehead atoms. The Kier molecular flexibility index (Phi) is 11.9. The first-order valence-electron chi connectivity index (χ1n) is 0.730. The molecular weight excluding hydrogens is 205 g/mol. The van der Waals surface area contributed by atoms with Gasteiger partial charge in [0.05, 0.1) is 0 Å². The topological polar surface area (TPSA) is 86.2 Å². The standard InChI is InChI=1S/2Mn.H3O4P/c;;1-5(2,3)4/h;;(H3,1,2,3,4)/q+1;+2;/p-3. The fourth-order valence-electron chi connectivity index (χ4n) is 0. The molecule has 0 spiro atoms. The molecule has 7 heteroatoms. The minimum Gasteiger partial charge on any atom is -0.822 e. The third kappa shape index (κ3) is 144. The third-order valence-corrected chi connectivity index (χ3v) is 0. The molecule has 0 amide bonds. The van der Waals surface area contributed by atoms with E-state index in [0.29, 0.717) is 0 Å². The van der Waals surface area contributed by atoms with Crippen LogP contribution < -0.4 is 14.7 Å². The summed E-state index contributed by atoms with van der Waals surface area (Å²) in [5.74, 6) is 0. The molecule has 0 aromatic heterocycles. The van der Waals surface area contributed by atoms with Crippen LogP contribution in [-0.4, -0.2) is 0 Å². The average Bonchev–Trinajstić information content (AvgIpc) is 0.722. The van der Waals surface area contributed by atoms with Gasteiger partial charge in [-0.2, -0.15) is 7.82 Å². The minimum absolute atomic E-state index is 0. The van der Waals surface area contributed by atoms with E-state index in [1.165, 1.54) is 0 Å². The van der Waals surface area contributed by atoms with E-state index in [4.69, 9.17) is 19.2 Å². The summed E-state index contributed by atoms with van der Waals surface area (Å²) >= 11 is 0. The first-order chi connectivity index (χ1) is 2.00. The van der Waals surface area contributed by atoms with Crippen molar-refractivity contribution in [2.45, 2.75) is 0 Å². The molecule has 0 aromatic carbocycles. The molecule has 0 aromatic rings. The van der Waals surface area contributed by atoms with Crippen LogP contribution in [0, 0.1) is 0 Å². The summed E-state index contributed by atoms with van der Waals surface area (Å²) in [6.45, 7) is 0. The summed E-state index contributed by atoms with van der Waals surface area (Å²) in [6, 6.07) is 0. The summed E-state index contributed by atoms with van der Waals surface area (Å²) in [5.41, 5.74) is 0. The molecule has 43 valence electrons. The van der Waals surface area contributed by atoms with Crippen LogP contribution in [0.2, 0.25) is 0 Å². The summed E-state index contributed by atoms with van der Waals surface area (Å²) in [6.07, 6.45) is 0. The average molecular weight is 205 g/mol. The number of hydrogen-bond acceptors (Lipinski definition) is 4. The van der Waals surface area contributed by atoms with Crippen molar-refractivity contribution in [1.82, 2.24) is 0 Å². The van der Waals surface area contributed by atoms with Gasteiger partial charge in [0.25, 0.3) is 0 Å². The largest absolute Gasteiger partial charge is 2.00 e. The number of hydrogen-bond donors (Lipinski definition) is 0. The van der Waals surface area contributed by atoms with Gasteiger partial charge in [-0.15, -0.1) is 0 Å². The fourth-order valence-corrected chi connectivity index (χ4v) is 0. The summed E-state index contributed by atoms with van der Waals surface area (Å²) in [7, 11) is -5.39. The zero-order chi connectivity index (χ0) is 4.50. The predicted molar refractivity (Wildman–Crippen MR) is 7.61 cm³/mol. The molecule has 0 aliphatic rings. The molecular formula is Mn2O4P. The van der Waals surface area contributed by atoms with Crippen molar-refractivity contribution in [1.29, 1.82) is 0 Å². The fraction of sp³-hybridized carbons (Fsp3) is 0. The monoisotopic (exact) mass is 205 g/mol. The maximum absolute atomic E-state index is 8.55. The van der Waals surface area contributed by atoms with Crippen LogP contribution in [0.4, 0.5) is 0 Å². The molecule has 0 saturated heterocycles. The van der Waals surface area contributed by atoms with Crippen LogP contribution in [0.15, 0.2) is 0 Å². The zero-order valence-corrected chi connectivity index (χ0v) is 6.09. The molecule has 0 aliphatic carbocycles. The van der Waals surface area contributed by atoms with Gasteiger partial charge in [-0.3, -0.25) is 0 Å². The Labute approximate surface area is 61.5 Å². The van der Waals surface area contributed by atoms with Crippen LogP contribution in [0.1, 0.15) is 0 Å². The van der Waals surface area contributed by atoms with Crippen LogP contribution in [0.25, 0.3) is 0 Å². The molecule has 0 rings (SSSR count). The Morgan fingerprint density at radius 2 is 1.14 bits per heavy atom. The van der Waals surface area contributed by atoms with E-state index in [9.17, 15) is 0 Å². The molecule has 0 N–H and O–H groups in total. The third-order valence-electron chi connectivity index (χ3n) is 0. The molecule has 0 aliphatic heterocycles. The Bertz CT molecular complexity index is 55.8. The van der Waals surface area contributed by atoms with Crippen molar-refractivity contribution in [2.24, 2.45) is 0 Å². The van der Waals surface area contributed by atoms with E-state index in [0.717, 1.165) is 0 Å². The molecule has 0 heterocycles. The molecule has 4 nitrogen and oxygen atoms in total. The first-order valence-corrected chi connectivity index (χ1v) is 2.19. The SMILES string of the molecule is O=P([O-])([O-])[O-].[Mn+2].[Mn+]. The van der Waals surface area contributed by atoms with Gasteiger partial charge in [0.15, 0.2) is 0 Å². The first kappa shape index (κ1) is 15.7. The van der Waals surface area contributed by atoms with Crippen LogP contribution >= 0.6 is 7.82 Å². The van der Waals surface area contributed by atoms with Crippen LogP contribution in [-0.2, 0) is 38.7 Å². The van der Waals surface area contributed by atoms with Gasteiger partial charge in [-0.25, -0.2) is 0 Å². The molecule has 1 radical (unpaired) electrons. The second-order valence-electron chi connectivity index (χ2n) is 0.447. The van der Waals surface area contributed by atoms with Gasteiger partial charge in [-0.1, -0.05) is 0 Å². The molecule has 0 atom stereocenters. The van der Waals surface area contributed by atoms with Gasteiger partial charge in [0.2, 0.25) is 0 Å². The maximum Gasteiger partial charge on any atom is 2.00 e. The Balaban J connectivity index is -0.0000000800. The van der Waals surface area contributed by atoms with Crippen LogP contribution in [0.3, 0.4) is 0 Å². The predicted octanol–water partition coefficient (Wildman–Crippen LogP) is -2.83. The minimum atomic E-state index is -5.39. The van der Waals surface area contributed by atoms with E-state index in [1.807, 2.05) is 0 Å². The smallest absolute Gasteiger partial charge is 0.822 e. The zero-order valence-electron chi connectivity index (χ0n) is 2.84. The van der Waals surface area contributed by atoms with E-state index >= 15 is 0 Å². The van der Waals surface area contributed by atoms with Gasteiger partial charge >= 0.3 is 34.1 Å². The second-order valence-corrected chi connectivity index (χ2v) is 1.34. The van der Waals surface area contributed by atoms with Crippen molar-refractivity contribution < 1.29 is 53.4 Å². The van der Waals surface area contributed by atoms with Crippen molar-refractivity contribution in [2.75, 3.05) is 0 Å². The Hall–Kier alpha value is 1.15. The van der Waals surface area contributed by atoms with Gasteiger partial charge in [-0.05, 0) is 0 Å². The van der Waals surface area contributed by atoms with E-state index in [1.54, 1.807) is 0 Å². The number of phosphoric acid groups is 1. The van der Waals surface area contributed by atoms with E-state index in [-0.39, 0.29) is 34.1 Å². The van der Waals surface area contributed by atoms with Crippen molar-refractivity contribution >= 4 is 7.82 Å². The van der Waals surface area contributed by atoms with Gasteiger partial charge in [0, 0.05) is 0 Å². The molecule has 7 heavy (non-hydrogen) atoms. The van der Waals surface area contributed by atoms with Crippen molar-refractivity contribution in [3.63, 3.8) is 0 Å². The maximum atomic E-state index is 8.55. The van der Waals surface area contributed by atoms with E-state index < -0.39 is 7.82 Å². The van der Waals surface area contributed by atoms with E-state index in [2.05, 4.69) is 0 Å². The van der Waals surface area contributed by atoms with Crippen molar-refractivity contribution in [3.05, 3.63) is 0 Å². The van der Waals surface area contributed by atoms with Crippen molar-refractivity contribution in [3.8, 4) is 0 Å². The number of rotatable bonds is 0. The normalized spacial score (nSPS) is 8.43. The molecule has 0 fully saturated rings. The quantitative estimate of drug-likeness (QED) is 0.315. The Morgan fingerprint density at radius 3 is 1.14 bits per heavy atom. The molecule has 0 unspecified atom stereocenters. The summed E-state index contributed by atoms with van der Waals surface area (Å²) in [5, 5.41) is 0. The summed E-state index contributed by atoms with van der Waals surface area (Å²) in [4.78, 5) is 25.6. The van der Waals surface area contributed by atoms with Gasteiger partial charge in [0.1, 0.15) is 0 Å². The van der Waals surface area contributed by atoms with Crippen LogP contribution in [0.5, 0.6) is 0 Å². The second kappa shape index (κ2) is 5.29.